The Balaban J connectivity index is 1.45. The van der Waals surface area contributed by atoms with E-state index in [0.717, 1.165) is 38.0 Å². The van der Waals surface area contributed by atoms with Crippen LogP contribution in [0.4, 0.5) is 5.69 Å². The summed E-state index contributed by atoms with van der Waals surface area (Å²) in [6, 6.07) is 6.10. The molecular weight excluding hydrogens is 290 g/mol. The van der Waals surface area contributed by atoms with Gasteiger partial charge in [-0.15, -0.1) is 0 Å². The summed E-state index contributed by atoms with van der Waals surface area (Å²) in [6.45, 7) is 6.01. The SMILES string of the molecule is CC(=O)N1CCC(CNC(=O)C2Cc3cc(C)ccc3N2)CC1. The van der Waals surface area contributed by atoms with Crippen LogP contribution in [-0.2, 0) is 16.0 Å². The Morgan fingerprint density at radius 2 is 2.04 bits per heavy atom. The van der Waals surface area contributed by atoms with Crippen LogP contribution >= 0.6 is 0 Å². The Morgan fingerprint density at radius 1 is 1.30 bits per heavy atom. The van der Waals surface area contributed by atoms with Gasteiger partial charge in [0.1, 0.15) is 6.04 Å². The van der Waals surface area contributed by atoms with Gasteiger partial charge in [0.05, 0.1) is 0 Å². The highest BCUT2D eigenvalue weighted by Gasteiger charge is 2.27. The Hall–Kier alpha value is -2.04. The first kappa shape index (κ1) is 15.8. The van der Waals surface area contributed by atoms with E-state index >= 15 is 0 Å². The molecule has 1 saturated heterocycles. The number of hydrogen-bond acceptors (Lipinski definition) is 3. The number of fused-ring (bicyclic) bond motifs is 1. The predicted octanol–water partition coefficient (Wildman–Crippen LogP) is 1.71. The van der Waals surface area contributed by atoms with Crippen molar-refractivity contribution in [2.45, 2.75) is 39.2 Å². The minimum atomic E-state index is -0.163. The Labute approximate surface area is 137 Å². The first-order chi connectivity index (χ1) is 11.0. The number of nitrogens with one attached hydrogen (secondary N) is 2. The summed E-state index contributed by atoms with van der Waals surface area (Å²) in [5, 5.41) is 6.39. The molecule has 2 heterocycles. The molecule has 5 nitrogen and oxygen atoms in total. The van der Waals surface area contributed by atoms with Gasteiger partial charge in [-0.2, -0.15) is 0 Å². The normalized spacial score (nSPS) is 20.8. The molecule has 1 fully saturated rings. The van der Waals surface area contributed by atoms with E-state index in [-0.39, 0.29) is 17.9 Å². The van der Waals surface area contributed by atoms with Crippen molar-refractivity contribution in [3.05, 3.63) is 29.3 Å². The van der Waals surface area contributed by atoms with Gasteiger partial charge in [-0.25, -0.2) is 0 Å². The molecule has 1 aromatic carbocycles. The average Bonchev–Trinajstić information content (AvgIpc) is 2.96. The lowest BCUT2D eigenvalue weighted by Crippen LogP contribution is -2.44. The fraction of sp³-hybridized carbons (Fsp3) is 0.556. The highest BCUT2D eigenvalue weighted by atomic mass is 16.2. The second-order valence-corrected chi connectivity index (χ2v) is 6.76. The zero-order valence-electron chi connectivity index (χ0n) is 13.9. The number of anilines is 1. The third-order valence-corrected chi connectivity index (χ3v) is 4.96. The zero-order chi connectivity index (χ0) is 16.4. The molecule has 23 heavy (non-hydrogen) atoms. The molecule has 0 saturated carbocycles. The van der Waals surface area contributed by atoms with Crippen molar-refractivity contribution in [2.75, 3.05) is 25.0 Å². The number of nitrogens with zero attached hydrogens (tertiary/aromatic N) is 1. The van der Waals surface area contributed by atoms with E-state index in [4.69, 9.17) is 0 Å². The van der Waals surface area contributed by atoms with E-state index in [0.29, 0.717) is 12.5 Å². The van der Waals surface area contributed by atoms with Crippen LogP contribution in [0.15, 0.2) is 18.2 Å². The number of carbonyl (C=O) groups is 2. The highest BCUT2D eigenvalue weighted by Crippen LogP contribution is 2.26. The van der Waals surface area contributed by atoms with Crippen molar-refractivity contribution in [1.82, 2.24) is 10.2 Å². The van der Waals surface area contributed by atoms with Crippen molar-refractivity contribution in [2.24, 2.45) is 5.92 Å². The lowest BCUT2D eigenvalue weighted by molar-refractivity contribution is -0.130. The summed E-state index contributed by atoms with van der Waals surface area (Å²) in [5.74, 6) is 0.698. The monoisotopic (exact) mass is 315 g/mol. The molecule has 0 spiro atoms. The molecular formula is C18H25N3O2. The van der Waals surface area contributed by atoms with Gasteiger partial charge in [0.15, 0.2) is 0 Å². The zero-order valence-corrected chi connectivity index (χ0v) is 13.9. The largest absolute Gasteiger partial charge is 0.373 e. The van der Waals surface area contributed by atoms with Gasteiger partial charge in [-0.05, 0) is 37.3 Å². The van der Waals surface area contributed by atoms with Gasteiger partial charge in [-0.3, -0.25) is 9.59 Å². The number of amides is 2. The first-order valence-electron chi connectivity index (χ1n) is 8.42. The van der Waals surface area contributed by atoms with E-state index in [1.807, 2.05) is 4.90 Å². The minimum absolute atomic E-state index is 0.0767. The van der Waals surface area contributed by atoms with Crippen molar-refractivity contribution in [3.63, 3.8) is 0 Å². The number of benzene rings is 1. The summed E-state index contributed by atoms with van der Waals surface area (Å²) in [6.07, 6.45) is 2.69. The van der Waals surface area contributed by atoms with Crippen LogP contribution in [0.25, 0.3) is 0 Å². The van der Waals surface area contributed by atoms with Crippen molar-refractivity contribution in [1.29, 1.82) is 0 Å². The molecule has 2 N–H and O–H groups in total. The molecule has 0 aliphatic carbocycles. The molecule has 2 aliphatic rings. The van der Waals surface area contributed by atoms with Gasteiger partial charge in [-0.1, -0.05) is 17.7 Å². The van der Waals surface area contributed by atoms with E-state index in [2.05, 4.69) is 35.8 Å². The van der Waals surface area contributed by atoms with Gasteiger partial charge in [0.25, 0.3) is 0 Å². The van der Waals surface area contributed by atoms with E-state index in [9.17, 15) is 9.59 Å². The fourth-order valence-electron chi connectivity index (χ4n) is 3.47. The number of carbonyl (C=O) groups excluding carboxylic acids is 2. The number of aryl methyl sites for hydroxylation is 1. The second kappa shape index (κ2) is 6.60. The van der Waals surface area contributed by atoms with Crippen LogP contribution < -0.4 is 10.6 Å². The Kier molecular flexibility index (Phi) is 4.55. The van der Waals surface area contributed by atoms with Crippen LogP contribution in [0.1, 0.15) is 30.9 Å². The second-order valence-electron chi connectivity index (χ2n) is 6.76. The molecule has 2 aliphatic heterocycles. The van der Waals surface area contributed by atoms with Gasteiger partial charge >= 0.3 is 0 Å². The van der Waals surface area contributed by atoms with Gasteiger partial charge < -0.3 is 15.5 Å². The lowest BCUT2D eigenvalue weighted by atomic mass is 9.96. The highest BCUT2D eigenvalue weighted by molar-refractivity contribution is 5.87. The van der Waals surface area contributed by atoms with Gasteiger partial charge in [0, 0.05) is 38.7 Å². The maximum Gasteiger partial charge on any atom is 0.242 e. The molecule has 0 radical (unpaired) electrons. The predicted molar refractivity (Wildman–Crippen MR) is 90.3 cm³/mol. The molecule has 1 unspecified atom stereocenters. The Bertz CT molecular complexity index is 606. The molecule has 1 atom stereocenters. The lowest BCUT2D eigenvalue weighted by Gasteiger charge is -2.31. The fourth-order valence-corrected chi connectivity index (χ4v) is 3.47. The van der Waals surface area contributed by atoms with E-state index in [1.54, 1.807) is 6.92 Å². The molecule has 2 amide bonds. The van der Waals surface area contributed by atoms with Crippen LogP contribution in [-0.4, -0.2) is 42.4 Å². The van der Waals surface area contributed by atoms with Crippen LogP contribution in [0.5, 0.6) is 0 Å². The summed E-state index contributed by atoms with van der Waals surface area (Å²) in [5.41, 5.74) is 3.52. The van der Waals surface area contributed by atoms with Gasteiger partial charge in [0.2, 0.25) is 11.8 Å². The topological polar surface area (TPSA) is 61.4 Å². The molecule has 124 valence electrons. The molecule has 0 aromatic heterocycles. The molecule has 3 rings (SSSR count). The smallest absolute Gasteiger partial charge is 0.242 e. The number of rotatable bonds is 3. The van der Waals surface area contributed by atoms with Crippen LogP contribution in [0.3, 0.4) is 0 Å². The maximum atomic E-state index is 12.4. The summed E-state index contributed by atoms with van der Waals surface area (Å²) < 4.78 is 0. The number of likely N-dealkylation sites (tertiary alicyclic amines) is 1. The van der Waals surface area contributed by atoms with Crippen molar-refractivity contribution in [3.8, 4) is 0 Å². The number of piperidine rings is 1. The quantitative estimate of drug-likeness (QED) is 0.892. The number of hydrogen-bond donors (Lipinski definition) is 2. The molecule has 0 bridgehead atoms. The average molecular weight is 315 g/mol. The van der Waals surface area contributed by atoms with E-state index < -0.39 is 0 Å². The van der Waals surface area contributed by atoms with Crippen molar-refractivity contribution >= 4 is 17.5 Å². The Morgan fingerprint density at radius 3 is 2.74 bits per heavy atom. The van der Waals surface area contributed by atoms with E-state index in [1.165, 1.54) is 11.1 Å². The molecule has 5 heteroatoms. The third-order valence-electron chi connectivity index (χ3n) is 4.96. The molecule has 1 aromatic rings. The minimum Gasteiger partial charge on any atom is -0.373 e. The van der Waals surface area contributed by atoms with Crippen LogP contribution in [0.2, 0.25) is 0 Å². The summed E-state index contributed by atoms with van der Waals surface area (Å²) in [4.78, 5) is 25.6. The third kappa shape index (κ3) is 3.66. The van der Waals surface area contributed by atoms with Crippen LogP contribution in [0, 0.1) is 12.8 Å². The maximum absolute atomic E-state index is 12.4. The first-order valence-corrected chi connectivity index (χ1v) is 8.42. The summed E-state index contributed by atoms with van der Waals surface area (Å²) in [7, 11) is 0. The standard InChI is InChI=1S/C18H25N3O2/c1-12-3-4-16-15(9-12)10-17(20-16)18(23)19-11-14-5-7-21(8-6-14)13(2)22/h3-4,9,14,17,20H,5-8,10-11H2,1-2H3,(H,19,23). The summed E-state index contributed by atoms with van der Waals surface area (Å²) >= 11 is 0. The van der Waals surface area contributed by atoms with Crippen molar-refractivity contribution < 1.29 is 9.59 Å².